The Morgan fingerprint density at radius 1 is 1.15 bits per heavy atom. The Bertz CT molecular complexity index is 1630. The number of aryl methyl sites for hydroxylation is 1. The zero-order valence-electron chi connectivity index (χ0n) is 21.7. The summed E-state index contributed by atoms with van der Waals surface area (Å²) < 4.78 is 21.7. The van der Waals surface area contributed by atoms with Gasteiger partial charge < -0.3 is 15.4 Å². The normalized spacial score (nSPS) is 16.9. The number of likely N-dealkylation sites (tertiary alicyclic amines) is 1. The van der Waals surface area contributed by atoms with Crippen molar-refractivity contribution in [1.29, 1.82) is 0 Å². The fourth-order valence-corrected chi connectivity index (χ4v) is 4.95. The minimum absolute atomic E-state index is 0.166. The fourth-order valence-electron chi connectivity index (χ4n) is 4.63. The molecule has 206 valence electrons. The van der Waals surface area contributed by atoms with Crippen molar-refractivity contribution in [3.63, 3.8) is 0 Å². The van der Waals surface area contributed by atoms with Crippen LogP contribution in [0.3, 0.4) is 0 Å². The van der Waals surface area contributed by atoms with Crippen LogP contribution in [0.1, 0.15) is 35.2 Å². The molecule has 2 atom stereocenters. The number of hydrogen-bond donors (Lipinski definition) is 1. The highest BCUT2D eigenvalue weighted by molar-refractivity contribution is 9.10. The van der Waals surface area contributed by atoms with Crippen LogP contribution in [-0.4, -0.2) is 66.1 Å². The van der Waals surface area contributed by atoms with Gasteiger partial charge in [0.2, 0.25) is 5.91 Å². The third-order valence-corrected chi connectivity index (χ3v) is 7.12. The first-order valence-corrected chi connectivity index (χ1v) is 13.2. The molecular formula is C27H25BrFN7O4. The van der Waals surface area contributed by atoms with E-state index in [9.17, 15) is 18.8 Å². The van der Waals surface area contributed by atoms with Gasteiger partial charge in [0, 0.05) is 42.3 Å². The molecule has 0 saturated carbocycles. The zero-order valence-corrected chi connectivity index (χ0v) is 23.3. The van der Waals surface area contributed by atoms with Crippen molar-refractivity contribution in [1.82, 2.24) is 29.6 Å². The number of anilines is 1. The highest BCUT2D eigenvalue weighted by atomic mass is 79.9. The summed E-state index contributed by atoms with van der Waals surface area (Å²) in [7, 11) is 0. The summed E-state index contributed by atoms with van der Waals surface area (Å²) in [6.07, 6.45) is 1.81. The maximum atomic E-state index is 14.4. The van der Waals surface area contributed by atoms with E-state index in [1.807, 2.05) is 6.07 Å². The number of benzene rings is 1. The summed E-state index contributed by atoms with van der Waals surface area (Å²) in [5, 5.41) is 4.94. The number of Topliss-reactive ketones (excluding diaryl/α,β-unsaturated/α-hetero) is 1. The number of fused-ring (bicyclic) bond motifs is 1. The molecule has 1 saturated heterocycles. The Morgan fingerprint density at radius 3 is 2.60 bits per heavy atom. The van der Waals surface area contributed by atoms with Crippen molar-refractivity contribution in [3.05, 3.63) is 64.4 Å². The number of carbonyl (C=O) groups is 3. The third-order valence-electron chi connectivity index (χ3n) is 6.67. The summed E-state index contributed by atoms with van der Waals surface area (Å²) in [5.41, 5.74) is 8.64. The van der Waals surface area contributed by atoms with Gasteiger partial charge in [-0.25, -0.2) is 24.1 Å². The SMILES string of the molecule is CC(=O)c1nn(CC(=O)N2C[C@H](F)C[C@H]2C(=O)OCc2ccc(Br)nc2N)c2ccc(-c3cnc(C)nc3)cc12. The molecule has 1 amide bonds. The van der Waals surface area contributed by atoms with Crippen LogP contribution < -0.4 is 5.73 Å². The monoisotopic (exact) mass is 609 g/mol. The smallest absolute Gasteiger partial charge is 0.329 e. The quantitative estimate of drug-likeness (QED) is 0.189. The number of amides is 1. The molecule has 3 aromatic heterocycles. The maximum absolute atomic E-state index is 14.4. The Morgan fingerprint density at radius 2 is 1.90 bits per heavy atom. The molecule has 11 nitrogen and oxygen atoms in total. The Balaban J connectivity index is 1.36. The number of aromatic nitrogens is 5. The van der Waals surface area contributed by atoms with Crippen molar-refractivity contribution >= 4 is 50.3 Å². The molecular weight excluding hydrogens is 585 g/mol. The summed E-state index contributed by atoms with van der Waals surface area (Å²) in [6, 6.07) is 7.58. The van der Waals surface area contributed by atoms with Gasteiger partial charge in [-0.1, -0.05) is 6.07 Å². The lowest BCUT2D eigenvalue weighted by molar-refractivity contribution is -0.154. The average Bonchev–Trinajstić information content (AvgIpc) is 3.49. The predicted octanol–water partition coefficient (Wildman–Crippen LogP) is 3.43. The Labute approximate surface area is 236 Å². The third kappa shape index (κ3) is 5.55. The van der Waals surface area contributed by atoms with Crippen molar-refractivity contribution < 1.29 is 23.5 Å². The number of carbonyl (C=O) groups excluding carboxylic acids is 3. The number of esters is 1. The second kappa shape index (κ2) is 11.1. The van der Waals surface area contributed by atoms with Gasteiger partial charge in [-0.2, -0.15) is 5.10 Å². The number of ketones is 1. The molecule has 1 fully saturated rings. The lowest BCUT2D eigenvalue weighted by Crippen LogP contribution is -2.43. The van der Waals surface area contributed by atoms with Crippen LogP contribution in [0.4, 0.5) is 10.2 Å². The zero-order chi connectivity index (χ0) is 28.6. The van der Waals surface area contributed by atoms with E-state index >= 15 is 0 Å². The largest absolute Gasteiger partial charge is 0.459 e. The molecule has 13 heteroatoms. The molecule has 4 heterocycles. The molecule has 0 aliphatic carbocycles. The molecule has 0 spiro atoms. The van der Waals surface area contributed by atoms with E-state index in [-0.39, 0.29) is 43.4 Å². The van der Waals surface area contributed by atoms with Crippen molar-refractivity contribution in [3.8, 4) is 11.1 Å². The van der Waals surface area contributed by atoms with E-state index in [1.54, 1.807) is 43.6 Å². The first-order chi connectivity index (χ1) is 19.1. The van der Waals surface area contributed by atoms with E-state index in [2.05, 4.69) is 36.0 Å². The fraction of sp³-hybridized carbons (Fsp3) is 0.296. The highest BCUT2D eigenvalue weighted by Gasteiger charge is 2.41. The number of rotatable bonds is 7. The predicted molar refractivity (Wildman–Crippen MR) is 147 cm³/mol. The summed E-state index contributed by atoms with van der Waals surface area (Å²) in [6.45, 7) is 2.46. The Hall–Kier alpha value is -4.26. The van der Waals surface area contributed by atoms with Gasteiger partial charge in [0.15, 0.2) is 5.78 Å². The van der Waals surface area contributed by atoms with Gasteiger partial charge in [0.1, 0.15) is 47.3 Å². The number of ether oxygens (including phenoxy) is 1. The standard InChI is InChI=1S/C27H25BrFN7O4/c1-14(37)25-20-7-16(18-9-31-15(2)32-10-18)3-5-21(20)36(34-25)12-24(38)35-11-19(29)8-22(35)27(39)40-13-17-4-6-23(28)33-26(17)30/h3-7,9-10,19,22H,8,11-13H2,1-2H3,(H2,30,33)/t19-,22+/m1/s1. The van der Waals surface area contributed by atoms with Gasteiger partial charge in [0.05, 0.1) is 12.1 Å². The first-order valence-electron chi connectivity index (χ1n) is 12.4. The number of halogens is 2. The minimum atomic E-state index is -1.39. The molecule has 40 heavy (non-hydrogen) atoms. The summed E-state index contributed by atoms with van der Waals surface area (Å²) in [4.78, 5) is 52.3. The van der Waals surface area contributed by atoms with Gasteiger partial charge >= 0.3 is 5.97 Å². The van der Waals surface area contributed by atoms with Crippen LogP contribution in [0.15, 0.2) is 47.3 Å². The van der Waals surface area contributed by atoms with Crippen LogP contribution in [0.2, 0.25) is 0 Å². The number of pyridine rings is 1. The Kier molecular flexibility index (Phi) is 7.57. The molecule has 1 aromatic carbocycles. The second-order valence-corrected chi connectivity index (χ2v) is 10.3. The second-order valence-electron chi connectivity index (χ2n) is 9.49. The maximum Gasteiger partial charge on any atom is 0.329 e. The number of nitrogens with zero attached hydrogens (tertiary/aromatic N) is 6. The molecule has 2 N–H and O–H groups in total. The topological polar surface area (TPSA) is 146 Å². The number of nitrogen functional groups attached to an aromatic ring is 1. The molecule has 1 aliphatic heterocycles. The van der Waals surface area contributed by atoms with E-state index in [4.69, 9.17) is 10.5 Å². The number of nitrogens with two attached hydrogens (primary N) is 1. The molecule has 1 aliphatic rings. The lowest BCUT2D eigenvalue weighted by Gasteiger charge is -2.23. The van der Waals surface area contributed by atoms with E-state index in [0.29, 0.717) is 26.9 Å². The number of hydrogen-bond acceptors (Lipinski definition) is 9. The average molecular weight is 610 g/mol. The van der Waals surface area contributed by atoms with Crippen LogP contribution >= 0.6 is 15.9 Å². The summed E-state index contributed by atoms with van der Waals surface area (Å²) in [5.74, 6) is -0.718. The van der Waals surface area contributed by atoms with E-state index in [0.717, 1.165) is 16.0 Å². The molecule has 0 radical (unpaired) electrons. The molecule has 0 unspecified atom stereocenters. The van der Waals surface area contributed by atoms with Crippen LogP contribution in [0.5, 0.6) is 0 Å². The first kappa shape index (κ1) is 27.3. The molecule has 5 rings (SSSR count). The van der Waals surface area contributed by atoms with Crippen molar-refractivity contribution in [2.45, 2.75) is 45.6 Å². The lowest BCUT2D eigenvalue weighted by atomic mass is 10.0. The van der Waals surface area contributed by atoms with Crippen molar-refractivity contribution in [2.75, 3.05) is 12.3 Å². The van der Waals surface area contributed by atoms with Crippen LogP contribution in [0, 0.1) is 6.92 Å². The minimum Gasteiger partial charge on any atom is -0.459 e. The molecule has 4 aromatic rings. The highest BCUT2D eigenvalue weighted by Crippen LogP contribution is 2.28. The number of alkyl halides is 1. The van der Waals surface area contributed by atoms with Gasteiger partial charge in [-0.15, -0.1) is 0 Å². The van der Waals surface area contributed by atoms with Crippen molar-refractivity contribution in [2.24, 2.45) is 0 Å². The van der Waals surface area contributed by atoms with Crippen LogP contribution in [0.25, 0.3) is 22.0 Å². The summed E-state index contributed by atoms with van der Waals surface area (Å²) >= 11 is 3.21. The van der Waals surface area contributed by atoms with Gasteiger partial charge in [0.25, 0.3) is 0 Å². The van der Waals surface area contributed by atoms with E-state index in [1.165, 1.54) is 11.6 Å². The van der Waals surface area contributed by atoms with Crippen LogP contribution in [-0.2, 0) is 27.5 Å². The molecule has 0 bridgehead atoms. The van der Waals surface area contributed by atoms with Gasteiger partial charge in [-0.3, -0.25) is 14.3 Å². The van der Waals surface area contributed by atoms with E-state index < -0.39 is 24.1 Å². The van der Waals surface area contributed by atoms with Gasteiger partial charge in [-0.05, 0) is 52.7 Å².